The monoisotopic (exact) mass is 241 g/mol. The molecular formula is C12H23N3O2. The molecule has 0 aliphatic carbocycles. The lowest BCUT2D eigenvalue weighted by molar-refractivity contribution is -0.132. The molecule has 1 heterocycles. The zero-order valence-electron chi connectivity index (χ0n) is 11.0. The van der Waals surface area contributed by atoms with Gasteiger partial charge in [0.1, 0.15) is 0 Å². The summed E-state index contributed by atoms with van der Waals surface area (Å²) < 4.78 is 0. The molecule has 2 N–H and O–H groups in total. The van der Waals surface area contributed by atoms with Gasteiger partial charge in [0.25, 0.3) is 0 Å². The SMILES string of the molecule is CNCCCC(=O)N1CCC(C)(C(=O)NC)C1. The molecule has 1 aliphatic heterocycles. The van der Waals surface area contributed by atoms with E-state index in [0.717, 1.165) is 19.4 Å². The second-order valence-electron chi connectivity index (χ2n) is 4.91. The summed E-state index contributed by atoms with van der Waals surface area (Å²) in [5.74, 6) is 0.191. The van der Waals surface area contributed by atoms with Gasteiger partial charge in [0.15, 0.2) is 0 Å². The third-order valence-corrected chi connectivity index (χ3v) is 3.42. The van der Waals surface area contributed by atoms with Gasteiger partial charge in [-0.05, 0) is 33.4 Å². The maximum absolute atomic E-state index is 11.9. The van der Waals surface area contributed by atoms with Gasteiger partial charge in [-0.3, -0.25) is 9.59 Å². The molecule has 0 saturated carbocycles. The van der Waals surface area contributed by atoms with Crippen LogP contribution in [0.1, 0.15) is 26.2 Å². The van der Waals surface area contributed by atoms with Crippen LogP contribution in [0.25, 0.3) is 0 Å². The van der Waals surface area contributed by atoms with Gasteiger partial charge in [0.05, 0.1) is 5.41 Å². The Hall–Kier alpha value is -1.10. The van der Waals surface area contributed by atoms with Crippen LogP contribution >= 0.6 is 0 Å². The zero-order valence-corrected chi connectivity index (χ0v) is 11.0. The lowest BCUT2D eigenvalue weighted by Crippen LogP contribution is -2.40. The average Bonchev–Trinajstić information content (AvgIpc) is 2.72. The van der Waals surface area contributed by atoms with Crippen molar-refractivity contribution in [3.63, 3.8) is 0 Å². The van der Waals surface area contributed by atoms with Gasteiger partial charge in [-0.25, -0.2) is 0 Å². The highest BCUT2D eigenvalue weighted by Crippen LogP contribution is 2.30. The second-order valence-corrected chi connectivity index (χ2v) is 4.91. The van der Waals surface area contributed by atoms with Crippen molar-refractivity contribution >= 4 is 11.8 Å². The van der Waals surface area contributed by atoms with Gasteiger partial charge in [0.2, 0.25) is 11.8 Å². The highest BCUT2D eigenvalue weighted by Gasteiger charge is 2.41. The van der Waals surface area contributed by atoms with Crippen molar-refractivity contribution in [1.82, 2.24) is 15.5 Å². The Morgan fingerprint density at radius 3 is 2.65 bits per heavy atom. The molecule has 1 saturated heterocycles. The van der Waals surface area contributed by atoms with Crippen molar-refractivity contribution in [3.05, 3.63) is 0 Å². The smallest absolute Gasteiger partial charge is 0.227 e. The molecule has 2 amide bonds. The molecule has 1 aliphatic rings. The first-order valence-corrected chi connectivity index (χ1v) is 6.18. The maximum Gasteiger partial charge on any atom is 0.227 e. The number of likely N-dealkylation sites (tertiary alicyclic amines) is 1. The Morgan fingerprint density at radius 1 is 1.35 bits per heavy atom. The number of hydrogen-bond donors (Lipinski definition) is 2. The number of nitrogens with one attached hydrogen (secondary N) is 2. The van der Waals surface area contributed by atoms with Crippen molar-refractivity contribution < 1.29 is 9.59 Å². The summed E-state index contributed by atoms with van der Waals surface area (Å²) in [6, 6.07) is 0. The first kappa shape index (κ1) is 14.0. The van der Waals surface area contributed by atoms with E-state index in [1.165, 1.54) is 0 Å². The van der Waals surface area contributed by atoms with Crippen molar-refractivity contribution in [2.45, 2.75) is 26.2 Å². The second kappa shape index (κ2) is 6.00. The van der Waals surface area contributed by atoms with Crippen LogP contribution in [0.15, 0.2) is 0 Å². The molecule has 5 nitrogen and oxygen atoms in total. The summed E-state index contributed by atoms with van der Waals surface area (Å²) in [6.07, 6.45) is 2.16. The van der Waals surface area contributed by atoms with Gasteiger partial charge in [-0.15, -0.1) is 0 Å². The molecule has 1 unspecified atom stereocenters. The largest absolute Gasteiger partial charge is 0.359 e. The van der Waals surface area contributed by atoms with Crippen LogP contribution in [0.5, 0.6) is 0 Å². The topological polar surface area (TPSA) is 61.4 Å². The maximum atomic E-state index is 11.9. The molecule has 98 valence electrons. The van der Waals surface area contributed by atoms with Gasteiger partial charge < -0.3 is 15.5 Å². The molecule has 0 aromatic heterocycles. The van der Waals surface area contributed by atoms with Crippen LogP contribution in [-0.2, 0) is 9.59 Å². The first-order chi connectivity index (χ1) is 8.03. The van der Waals surface area contributed by atoms with Crippen LogP contribution < -0.4 is 10.6 Å². The minimum Gasteiger partial charge on any atom is -0.359 e. The molecule has 0 aromatic carbocycles. The van der Waals surface area contributed by atoms with Crippen LogP contribution in [0.4, 0.5) is 0 Å². The predicted octanol–water partition coefficient (Wildman–Crippen LogP) is -0.0294. The third kappa shape index (κ3) is 3.43. The molecule has 1 fully saturated rings. The molecule has 17 heavy (non-hydrogen) atoms. The van der Waals surface area contributed by atoms with E-state index >= 15 is 0 Å². The molecule has 0 aromatic rings. The van der Waals surface area contributed by atoms with Crippen LogP contribution in [-0.4, -0.2) is 50.4 Å². The van der Waals surface area contributed by atoms with E-state index < -0.39 is 5.41 Å². The van der Waals surface area contributed by atoms with Gasteiger partial charge in [-0.1, -0.05) is 0 Å². The number of amides is 2. The molecule has 0 spiro atoms. The Labute approximate surface area is 103 Å². The quantitative estimate of drug-likeness (QED) is 0.665. The summed E-state index contributed by atoms with van der Waals surface area (Å²) in [6.45, 7) is 4.02. The van der Waals surface area contributed by atoms with Crippen molar-refractivity contribution in [3.8, 4) is 0 Å². The highest BCUT2D eigenvalue weighted by atomic mass is 16.2. The Balaban J connectivity index is 2.44. The minimum atomic E-state index is -0.409. The fourth-order valence-electron chi connectivity index (χ4n) is 2.24. The third-order valence-electron chi connectivity index (χ3n) is 3.42. The normalized spacial score (nSPS) is 23.8. The number of carbonyl (C=O) groups is 2. The van der Waals surface area contributed by atoms with Crippen LogP contribution in [0.3, 0.4) is 0 Å². The fourth-order valence-corrected chi connectivity index (χ4v) is 2.24. The van der Waals surface area contributed by atoms with E-state index in [4.69, 9.17) is 0 Å². The van der Waals surface area contributed by atoms with E-state index in [9.17, 15) is 9.59 Å². The summed E-state index contributed by atoms with van der Waals surface area (Å²) in [7, 11) is 3.52. The zero-order chi connectivity index (χ0) is 12.9. The fraction of sp³-hybridized carbons (Fsp3) is 0.833. The summed E-state index contributed by atoms with van der Waals surface area (Å²) in [5, 5.41) is 5.69. The van der Waals surface area contributed by atoms with E-state index in [1.807, 2.05) is 18.9 Å². The van der Waals surface area contributed by atoms with E-state index in [-0.39, 0.29) is 11.8 Å². The first-order valence-electron chi connectivity index (χ1n) is 6.18. The summed E-state index contributed by atoms with van der Waals surface area (Å²) in [4.78, 5) is 25.4. The van der Waals surface area contributed by atoms with E-state index in [2.05, 4.69) is 10.6 Å². The average molecular weight is 241 g/mol. The van der Waals surface area contributed by atoms with Crippen LogP contribution in [0, 0.1) is 5.41 Å². The number of nitrogens with zero attached hydrogens (tertiary/aromatic N) is 1. The van der Waals surface area contributed by atoms with Crippen molar-refractivity contribution in [2.75, 3.05) is 33.7 Å². The number of hydrogen-bond acceptors (Lipinski definition) is 3. The summed E-state index contributed by atoms with van der Waals surface area (Å²) in [5.41, 5.74) is -0.409. The van der Waals surface area contributed by atoms with E-state index in [1.54, 1.807) is 7.05 Å². The highest BCUT2D eigenvalue weighted by molar-refractivity contribution is 5.84. The number of rotatable bonds is 5. The lowest BCUT2D eigenvalue weighted by Gasteiger charge is -2.22. The number of carbonyl (C=O) groups excluding carboxylic acids is 2. The molecule has 5 heteroatoms. The van der Waals surface area contributed by atoms with Gasteiger partial charge >= 0.3 is 0 Å². The van der Waals surface area contributed by atoms with Crippen molar-refractivity contribution in [1.29, 1.82) is 0 Å². The molecular weight excluding hydrogens is 218 g/mol. The Kier molecular flexibility index (Phi) is 4.93. The molecule has 0 radical (unpaired) electrons. The van der Waals surface area contributed by atoms with E-state index in [0.29, 0.717) is 19.5 Å². The lowest BCUT2D eigenvalue weighted by atomic mass is 9.89. The van der Waals surface area contributed by atoms with Gasteiger partial charge in [0, 0.05) is 26.6 Å². The molecule has 1 atom stereocenters. The summed E-state index contributed by atoms with van der Waals surface area (Å²) >= 11 is 0. The predicted molar refractivity (Wildman–Crippen MR) is 66.5 cm³/mol. The Morgan fingerprint density at radius 2 is 2.06 bits per heavy atom. The van der Waals surface area contributed by atoms with Crippen molar-refractivity contribution in [2.24, 2.45) is 5.41 Å². The Bertz CT molecular complexity index is 293. The van der Waals surface area contributed by atoms with Gasteiger partial charge in [-0.2, -0.15) is 0 Å². The molecule has 1 rings (SSSR count). The minimum absolute atomic E-state index is 0.0306. The van der Waals surface area contributed by atoms with Crippen LogP contribution in [0.2, 0.25) is 0 Å². The molecule has 0 bridgehead atoms. The standard InChI is InChI=1S/C12H23N3O2/c1-12(11(17)14-3)6-8-15(9-12)10(16)5-4-7-13-2/h13H,4-9H2,1-3H3,(H,14,17).